The summed E-state index contributed by atoms with van der Waals surface area (Å²) in [5.74, 6) is -0.399. The summed E-state index contributed by atoms with van der Waals surface area (Å²) in [4.78, 5) is 26.1. The second kappa shape index (κ2) is 8.31. The molecule has 0 saturated carbocycles. The van der Waals surface area contributed by atoms with Crippen LogP contribution in [0, 0.1) is 0 Å². The number of nitrogens with zero attached hydrogens (tertiary/aromatic N) is 2. The van der Waals surface area contributed by atoms with Crippen molar-refractivity contribution in [3.63, 3.8) is 0 Å². The normalized spacial score (nSPS) is 11.7. The number of nitrogen functional groups attached to an aromatic ring is 1. The number of hydrogen-bond acceptors (Lipinski definition) is 4. The van der Waals surface area contributed by atoms with Gasteiger partial charge in [-0.2, -0.15) is 5.10 Å². The molecule has 0 saturated heterocycles. The SMILES string of the molecule is C/C(CC(=O)N(C(C)C)C(C)C)=N/NC(=O)c1ccccc1N. The topological polar surface area (TPSA) is 87.8 Å². The van der Waals surface area contributed by atoms with Crippen LogP contribution in [0.2, 0.25) is 0 Å². The maximum atomic E-state index is 12.3. The fraction of sp³-hybridized carbons (Fsp3) is 0.471. The molecule has 0 bridgehead atoms. The Morgan fingerprint density at radius 2 is 1.74 bits per heavy atom. The Bertz CT molecular complexity index is 586. The Balaban J connectivity index is 2.69. The Kier molecular flexibility index (Phi) is 6.75. The molecule has 0 heterocycles. The molecule has 0 fully saturated rings. The number of carbonyl (C=O) groups excluding carboxylic acids is 2. The van der Waals surface area contributed by atoms with E-state index in [1.807, 2.05) is 27.7 Å². The Hall–Kier alpha value is -2.37. The van der Waals surface area contributed by atoms with Crippen LogP contribution in [0.15, 0.2) is 29.4 Å². The zero-order valence-corrected chi connectivity index (χ0v) is 14.5. The van der Waals surface area contributed by atoms with Gasteiger partial charge in [-0.05, 0) is 46.8 Å². The van der Waals surface area contributed by atoms with Crippen molar-refractivity contribution in [2.24, 2.45) is 5.10 Å². The van der Waals surface area contributed by atoms with E-state index >= 15 is 0 Å². The van der Waals surface area contributed by atoms with Gasteiger partial charge < -0.3 is 10.6 Å². The van der Waals surface area contributed by atoms with E-state index < -0.39 is 0 Å². The number of carbonyl (C=O) groups is 2. The lowest BCUT2D eigenvalue weighted by Crippen LogP contribution is -2.42. The summed E-state index contributed by atoms with van der Waals surface area (Å²) in [7, 11) is 0. The van der Waals surface area contributed by atoms with Gasteiger partial charge in [0.1, 0.15) is 0 Å². The number of nitrogens with two attached hydrogens (primary N) is 1. The van der Waals surface area contributed by atoms with E-state index in [9.17, 15) is 9.59 Å². The molecule has 23 heavy (non-hydrogen) atoms. The molecule has 6 heteroatoms. The van der Waals surface area contributed by atoms with Crippen molar-refractivity contribution in [1.82, 2.24) is 10.3 Å². The summed E-state index contributed by atoms with van der Waals surface area (Å²) >= 11 is 0. The predicted molar refractivity (Wildman–Crippen MR) is 93.2 cm³/mol. The molecule has 0 aliphatic carbocycles. The number of hydrazone groups is 1. The van der Waals surface area contributed by atoms with E-state index in [0.29, 0.717) is 17.0 Å². The molecule has 6 nitrogen and oxygen atoms in total. The number of rotatable bonds is 6. The van der Waals surface area contributed by atoms with Gasteiger partial charge in [0.15, 0.2) is 0 Å². The van der Waals surface area contributed by atoms with Crippen molar-refractivity contribution < 1.29 is 9.59 Å². The Labute approximate surface area is 137 Å². The van der Waals surface area contributed by atoms with Crippen LogP contribution in [-0.2, 0) is 4.79 Å². The molecule has 0 aliphatic heterocycles. The summed E-state index contributed by atoms with van der Waals surface area (Å²) < 4.78 is 0. The second-order valence-electron chi connectivity index (χ2n) is 6.04. The lowest BCUT2D eigenvalue weighted by molar-refractivity contribution is -0.133. The molecule has 0 unspecified atom stereocenters. The number of para-hydroxylation sites is 1. The van der Waals surface area contributed by atoms with Gasteiger partial charge in [0.05, 0.1) is 12.0 Å². The van der Waals surface area contributed by atoms with Crippen molar-refractivity contribution in [3.05, 3.63) is 29.8 Å². The van der Waals surface area contributed by atoms with Gasteiger partial charge in [-0.15, -0.1) is 0 Å². The lowest BCUT2D eigenvalue weighted by Gasteiger charge is -2.30. The third-order valence-corrected chi connectivity index (χ3v) is 3.36. The van der Waals surface area contributed by atoms with Gasteiger partial charge >= 0.3 is 0 Å². The van der Waals surface area contributed by atoms with Crippen LogP contribution >= 0.6 is 0 Å². The lowest BCUT2D eigenvalue weighted by atomic mass is 10.2. The molecule has 126 valence electrons. The van der Waals surface area contributed by atoms with E-state index in [4.69, 9.17) is 5.73 Å². The van der Waals surface area contributed by atoms with Crippen LogP contribution < -0.4 is 11.2 Å². The molecule has 3 N–H and O–H groups in total. The number of hydrogen-bond donors (Lipinski definition) is 2. The van der Waals surface area contributed by atoms with Crippen molar-refractivity contribution in [3.8, 4) is 0 Å². The number of anilines is 1. The number of benzene rings is 1. The molecule has 0 aromatic heterocycles. The number of amides is 2. The summed E-state index contributed by atoms with van der Waals surface area (Å²) in [5.41, 5.74) is 9.48. The fourth-order valence-electron chi connectivity index (χ4n) is 2.43. The maximum Gasteiger partial charge on any atom is 0.273 e. The van der Waals surface area contributed by atoms with Crippen LogP contribution in [0.4, 0.5) is 5.69 Å². The highest BCUT2D eigenvalue weighted by molar-refractivity contribution is 6.02. The minimum absolute atomic E-state index is 0.00951. The first kappa shape index (κ1) is 18.7. The maximum absolute atomic E-state index is 12.3. The van der Waals surface area contributed by atoms with Gasteiger partial charge in [-0.1, -0.05) is 12.1 Å². The van der Waals surface area contributed by atoms with E-state index in [1.165, 1.54) is 0 Å². The van der Waals surface area contributed by atoms with Crippen LogP contribution in [0.1, 0.15) is 51.4 Å². The van der Waals surface area contributed by atoms with Crippen LogP contribution in [0.3, 0.4) is 0 Å². The zero-order valence-electron chi connectivity index (χ0n) is 14.5. The molecule has 0 atom stereocenters. The molecular weight excluding hydrogens is 292 g/mol. The van der Waals surface area contributed by atoms with Gasteiger partial charge in [-0.3, -0.25) is 9.59 Å². The third-order valence-electron chi connectivity index (χ3n) is 3.36. The highest BCUT2D eigenvalue weighted by Crippen LogP contribution is 2.10. The Morgan fingerprint density at radius 3 is 2.26 bits per heavy atom. The van der Waals surface area contributed by atoms with Gasteiger partial charge in [0.25, 0.3) is 5.91 Å². The van der Waals surface area contributed by atoms with Gasteiger partial charge in [0, 0.05) is 23.5 Å². The molecule has 0 aliphatic rings. The average molecular weight is 318 g/mol. The highest BCUT2D eigenvalue weighted by Gasteiger charge is 2.20. The fourth-order valence-corrected chi connectivity index (χ4v) is 2.43. The minimum atomic E-state index is -0.389. The third kappa shape index (κ3) is 5.39. The van der Waals surface area contributed by atoms with Gasteiger partial charge in [-0.25, -0.2) is 5.43 Å². The molecule has 1 aromatic carbocycles. The van der Waals surface area contributed by atoms with Gasteiger partial charge in [0.2, 0.25) is 5.91 Å². The predicted octanol–water partition coefficient (Wildman–Crippen LogP) is 2.41. The summed E-state index contributed by atoms with van der Waals surface area (Å²) in [5, 5.41) is 4.00. The summed E-state index contributed by atoms with van der Waals surface area (Å²) in [6, 6.07) is 7.00. The van der Waals surface area contributed by atoms with Crippen LogP contribution in [-0.4, -0.2) is 34.5 Å². The van der Waals surface area contributed by atoms with E-state index in [1.54, 1.807) is 36.1 Å². The first-order valence-corrected chi connectivity index (χ1v) is 7.73. The molecule has 2 amide bonds. The molecule has 1 rings (SSSR count). The number of nitrogens with one attached hydrogen (secondary N) is 1. The molecule has 0 spiro atoms. The van der Waals surface area contributed by atoms with Crippen LogP contribution in [0.5, 0.6) is 0 Å². The van der Waals surface area contributed by atoms with Crippen molar-refractivity contribution in [2.75, 3.05) is 5.73 Å². The summed E-state index contributed by atoms with van der Waals surface area (Å²) in [6.07, 6.45) is 0.168. The molecule has 0 radical (unpaired) electrons. The zero-order chi connectivity index (χ0) is 17.6. The smallest absolute Gasteiger partial charge is 0.273 e. The second-order valence-corrected chi connectivity index (χ2v) is 6.04. The molecular formula is C17H26N4O2. The van der Waals surface area contributed by atoms with Crippen molar-refractivity contribution in [2.45, 2.75) is 53.1 Å². The first-order chi connectivity index (χ1) is 10.7. The Morgan fingerprint density at radius 1 is 1.17 bits per heavy atom. The largest absolute Gasteiger partial charge is 0.398 e. The van der Waals surface area contributed by atoms with E-state index in [2.05, 4.69) is 10.5 Å². The molecule has 1 aromatic rings. The quantitative estimate of drug-likeness (QED) is 0.479. The van der Waals surface area contributed by atoms with E-state index in [0.717, 1.165) is 0 Å². The first-order valence-electron chi connectivity index (χ1n) is 7.73. The van der Waals surface area contributed by atoms with Crippen LogP contribution in [0.25, 0.3) is 0 Å². The monoisotopic (exact) mass is 318 g/mol. The van der Waals surface area contributed by atoms with Crippen molar-refractivity contribution >= 4 is 23.2 Å². The average Bonchev–Trinajstić information content (AvgIpc) is 2.44. The van der Waals surface area contributed by atoms with Crippen molar-refractivity contribution in [1.29, 1.82) is 0 Å². The minimum Gasteiger partial charge on any atom is -0.398 e. The van der Waals surface area contributed by atoms with E-state index in [-0.39, 0.29) is 30.3 Å². The highest BCUT2D eigenvalue weighted by atomic mass is 16.2. The standard InChI is InChI=1S/C17H26N4O2/c1-11(2)21(12(3)4)16(22)10-13(5)19-20-17(23)14-8-6-7-9-15(14)18/h6-9,11-12H,10,18H2,1-5H3,(H,20,23)/b19-13-. The summed E-state index contributed by atoms with van der Waals surface area (Å²) in [6.45, 7) is 9.62.